The zero-order valence-corrected chi connectivity index (χ0v) is 15.4. The lowest BCUT2D eigenvalue weighted by Crippen LogP contribution is -2.41. The summed E-state index contributed by atoms with van der Waals surface area (Å²) in [5, 5.41) is 2.93. The Morgan fingerprint density at radius 1 is 1.04 bits per heavy atom. The van der Waals surface area contributed by atoms with E-state index in [4.69, 9.17) is 44.3 Å². The largest absolute Gasteiger partial charge is 0.445 e. The Morgan fingerprint density at radius 2 is 1.68 bits per heavy atom. The molecule has 2 aromatic rings. The first-order valence-corrected chi connectivity index (χ1v) is 8.33. The summed E-state index contributed by atoms with van der Waals surface area (Å²) < 4.78 is 10.2. The highest BCUT2D eigenvalue weighted by atomic mass is 35.5. The molecule has 5 nitrogen and oxygen atoms in total. The number of benzene rings is 2. The summed E-state index contributed by atoms with van der Waals surface area (Å²) in [7, 11) is 0. The van der Waals surface area contributed by atoms with Crippen molar-refractivity contribution in [1.82, 2.24) is 5.32 Å². The van der Waals surface area contributed by atoms with E-state index in [2.05, 4.69) is 5.32 Å². The second-order valence-corrected chi connectivity index (χ2v) is 6.27. The molecule has 0 saturated carbocycles. The lowest BCUT2D eigenvalue weighted by Gasteiger charge is -2.14. The van der Waals surface area contributed by atoms with Crippen molar-refractivity contribution in [2.24, 2.45) is 0 Å². The lowest BCUT2D eigenvalue weighted by molar-refractivity contribution is -0.136. The van der Waals surface area contributed by atoms with Crippen molar-refractivity contribution < 1.29 is 19.1 Å². The second-order valence-electron chi connectivity index (χ2n) is 5.05. The van der Waals surface area contributed by atoms with E-state index in [9.17, 15) is 9.59 Å². The SMILES string of the molecule is C[C@@H](NC(=O)OCc1ccccc1)C(=O)Oc1cc(Cl)c(Cl)cc1Cl. The molecule has 25 heavy (non-hydrogen) atoms. The number of carbonyl (C=O) groups excluding carboxylic acids is 2. The standard InChI is InChI=1S/C17H14Cl3NO4/c1-10(21-17(23)24-9-11-5-3-2-4-6-11)16(22)25-15-8-13(19)12(18)7-14(15)20/h2-8,10H,9H2,1H3,(H,21,23)/t10-/m1/s1. The highest BCUT2D eigenvalue weighted by Crippen LogP contribution is 2.34. The van der Waals surface area contributed by atoms with Gasteiger partial charge in [-0.1, -0.05) is 65.1 Å². The molecule has 1 N–H and O–H groups in total. The van der Waals surface area contributed by atoms with Crippen LogP contribution in [0.2, 0.25) is 15.1 Å². The quantitative estimate of drug-likeness (QED) is 0.440. The summed E-state index contributed by atoms with van der Waals surface area (Å²) in [4.78, 5) is 23.8. The van der Waals surface area contributed by atoms with Crippen LogP contribution in [0.4, 0.5) is 4.79 Å². The molecular weight excluding hydrogens is 389 g/mol. The predicted octanol–water partition coefficient (Wildman–Crippen LogP) is 4.87. The minimum Gasteiger partial charge on any atom is -0.445 e. The second kappa shape index (κ2) is 8.94. The minimum atomic E-state index is -0.950. The molecule has 0 spiro atoms. The van der Waals surface area contributed by atoms with E-state index in [0.29, 0.717) is 0 Å². The molecule has 1 atom stereocenters. The number of nitrogens with one attached hydrogen (secondary N) is 1. The van der Waals surface area contributed by atoms with E-state index in [1.165, 1.54) is 19.1 Å². The highest BCUT2D eigenvalue weighted by Gasteiger charge is 2.20. The summed E-state index contributed by atoms with van der Waals surface area (Å²) in [6.07, 6.45) is -0.742. The van der Waals surface area contributed by atoms with Crippen LogP contribution in [0.5, 0.6) is 5.75 Å². The fourth-order valence-corrected chi connectivity index (χ4v) is 2.36. The van der Waals surface area contributed by atoms with Crippen molar-refractivity contribution in [1.29, 1.82) is 0 Å². The maximum absolute atomic E-state index is 12.0. The molecule has 0 saturated heterocycles. The monoisotopic (exact) mass is 401 g/mol. The smallest absolute Gasteiger partial charge is 0.408 e. The predicted molar refractivity (Wildman–Crippen MR) is 96.3 cm³/mol. The number of ether oxygens (including phenoxy) is 2. The van der Waals surface area contributed by atoms with E-state index in [1.54, 1.807) is 0 Å². The van der Waals surface area contributed by atoms with Gasteiger partial charge in [0.2, 0.25) is 0 Å². The van der Waals surface area contributed by atoms with Crippen LogP contribution in [0.15, 0.2) is 42.5 Å². The Bertz CT molecular complexity index is 768. The molecular formula is C17H14Cl3NO4. The molecule has 0 bridgehead atoms. The molecule has 2 aromatic carbocycles. The third-order valence-corrected chi connectivity index (χ3v) is 4.10. The molecule has 132 valence electrons. The number of alkyl carbamates (subject to hydrolysis) is 1. The third kappa shape index (κ3) is 5.81. The molecule has 0 unspecified atom stereocenters. The number of hydrogen-bond acceptors (Lipinski definition) is 4. The Hall–Kier alpha value is -1.95. The highest BCUT2D eigenvalue weighted by molar-refractivity contribution is 6.43. The van der Waals surface area contributed by atoms with Gasteiger partial charge in [0.25, 0.3) is 0 Å². The number of esters is 1. The average molecular weight is 403 g/mol. The van der Waals surface area contributed by atoms with E-state index in [-0.39, 0.29) is 27.4 Å². The Balaban J connectivity index is 1.87. The molecule has 0 radical (unpaired) electrons. The number of amides is 1. The maximum Gasteiger partial charge on any atom is 0.408 e. The van der Waals surface area contributed by atoms with Crippen LogP contribution >= 0.6 is 34.8 Å². The fourth-order valence-electron chi connectivity index (χ4n) is 1.78. The van der Waals surface area contributed by atoms with Crippen molar-refractivity contribution in [3.63, 3.8) is 0 Å². The Morgan fingerprint density at radius 3 is 2.36 bits per heavy atom. The number of halogens is 3. The van der Waals surface area contributed by atoms with Crippen LogP contribution in [0.3, 0.4) is 0 Å². The van der Waals surface area contributed by atoms with E-state index in [1.807, 2.05) is 30.3 Å². The molecule has 0 aromatic heterocycles. The van der Waals surface area contributed by atoms with Crippen LogP contribution in [-0.2, 0) is 16.1 Å². The first kappa shape index (κ1) is 19.4. The zero-order valence-electron chi connectivity index (χ0n) is 13.1. The minimum absolute atomic E-state index is 0.0485. The van der Waals surface area contributed by atoms with Crippen molar-refractivity contribution in [3.05, 3.63) is 63.1 Å². The van der Waals surface area contributed by atoms with Gasteiger partial charge < -0.3 is 14.8 Å². The third-order valence-electron chi connectivity index (χ3n) is 3.09. The first-order chi connectivity index (χ1) is 11.9. The van der Waals surface area contributed by atoms with Gasteiger partial charge in [0.15, 0.2) is 5.75 Å². The maximum atomic E-state index is 12.0. The van der Waals surface area contributed by atoms with Crippen LogP contribution in [0.1, 0.15) is 12.5 Å². The van der Waals surface area contributed by atoms with Gasteiger partial charge in [-0.15, -0.1) is 0 Å². The van der Waals surface area contributed by atoms with Crippen LogP contribution in [-0.4, -0.2) is 18.1 Å². The molecule has 2 rings (SSSR count). The van der Waals surface area contributed by atoms with Gasteiger partial charge in [-0.25, -0.2) is 9.59 Å². The van der Waals surface area contributed by atoms with Gasteiger partial charge in [-0.3, -0.25) is 0 Å². The normalized spacial score (nSPS) is 11.5. The molecule has 0 heterocycles. The van der Waals surface area contributed by atoms with Crippen molar-refractivity contribution in [2.45, 2.75) is 19.6 Å². The van der Waals surface area contributed by atoms with Gasteiger partial charge in [0.1, 0.15) is 12.6 Å². The molecule has 0 aliphatic carbocycles. The molecule has 0 aliphatic heterocycles. The molecule has 0 fully saturated rings. The van der Waals surface area contributed by atoms with Crippen LogP contribution in [0.25, 0.3) is 0 Å². The summed E-state index contributed by atoms with van der Waals surface area (Å²) in [5.41, 5.74) is 0.829. The Kier molecular flexibility index (Phi) is 6.93. The molecule has 8 heteroatoms. The van der Waals surface area contributed by atoms with Gasteiger partial charge in [0, 0.05) is 6.07 Å². The van der Waals surface area contributed by atoms with Gasteiger partial charge in [-0.05, 0) is 18.6 Å². The number of rotatable bonds is 5. The van der Waals surface area contributed by atoms with Gasteiger partial charge in [0.05, 0.1) is 15.1 Å². The fraction of sp³-hybridized carbons (Fsp3) is 0.176. The molecule has 0 aliphatic rings. The van der Waals surface area contributed by atoms with E-state index >= 15 is 0 Å². The van der Waals surface area contributed by atoms with Crippen molar-refractivity contribution in [3.8, 4) is 5.75 Å². The van der Waals surface area contributed by atoms with E-state index < -0.39 is 18.1 Å². The summed E-state index contributed by atoms with van der Waals surface area (Å²) in [6, 6.07) is 10.9. The van der Waals surface area contributed by atoms with E-state index in [0.717, 1.165) is 5.56 Å². The Labute approximate surface area is 159 Å². The van der Waals surface area contributed by atoms with Gasteiger partial charge in [-0.2, -0.15) is 0 Å². The molecule has 1 amide bonds. The topological polar surface area (TPSA) is 64.6 Å². The van der Waals surface area contributed by atoms with Crippen LogP contribution < -0.4 is 10.1 Å². The van der Waals surface area contributed by atoms with Gasteiger partial charge >= 0.3 is 12.1 Å². The number of hydrogen-bond donors (Lipinski definition) is 1. The summed E-state index contributed by atoms with van der Waals surface area (Å²) >= 11 is 17.6. The average Bonchev–Trinajstić information content (AvgIpc) is 2.58. The zero-order chi connectivity index (χ0) is 18.4. The van der Waals surface area contributed by atoms with Crippen molar-refractivity contribution >= 4 is 46.9 Å². The van der Waals surface area contributed by atoms with Crippen molar-refractivity contribution in [2.75, 3.05) is 0 Å². The summed E-state index contributed by atoms with van der Waals surface area (Å²) in [5.74, 6) is -0.677. The summed E-state index contributed by atoms with van der Waals surface area (Å²) in [6.45, 7) is 1.55. The first-order valence-electron chi connectivity index (χ1n) is 7.20. The van der Waals surface area contributed by atoms with Crippen LogP contribution in [0, 0.1) is 0 Å². The lowest BCUT2D eigenvalue weighted by atomic mass is 10.2. The number of carbonyl (C=O) groups is 2.